The van der Waals surface area contributed by atoms with Gasteiger partial charge in [-0.3, -0.25) is 9.78 Å². The maximum absolute atomic E-state index is 12.8. The summed E-state index contributed by atoms with van der Waals surface area (Å²) >= 11 is 0. The van der Waals surface area contributed by atoms with E-state index < -0.39 is 6.10 Å². The fourth-order valence-corrected chi connectivity index (χ4v) is 3.23. The Kier molecular flexibility index (Phi) is 6.37. The summed E-state index contributed by atoms with van der Waals surface area (Å²) in [5.41, 5.74) is 3.60. The van der Waals surface area contributed by atoms with Crippen molar-refractivity contribution in [3.63, 3.8) is 0 Å². The van der Waals surface area contributed by atoms with Crippen molar-refractivity contribution in [3.05, 3.63) is 59.8 Å². The maximum Gasteiger partial charge on any atom is 0.265 e. The number of amides is 1. The minimum Gasteiger partial charge on any atom is -0.492 e. The number of rotatable bonds is 7. The molecule has 29 heavy (non-hydrogen) atoms. The Morgan fingerprint density at radius 3 is 2.62 bits per heavy atom. The van der Waals surface area contributed by atoms with Gasteiger partial charge in [0, 0.05) is 11.6 Å². The van der Waals surface area contributed by atoms with Gasteiger partial charge < -0.3 is 14.8 Å². The van der Waals surface area contributed by atoms with Crippen LogP contribution < -0.4 is 14.8 Å². The Balaban J connectivity index is 1.82. The van der Waals surface area contributed by atoms with Gasteiger partial charge in [0.1, 0.15) is 17.0 Å². The zero-order valence-electron chi connectivity index (χ0n) is 17.7. The maximum atomic E-state index is 12.8. The summed E-state index contributed by atoms with van der Waals surface area (Å²) in [6.45, 7) is 10.5. The van der Waals surface area contributed by atoms with Gasteiger partial charge in [-0.2, -0.15) is 0 Å². The highest BCUT2D eigenvalue weighted by molar-refractivity contribution is 6.04. The highest BCUT2D eigenvalue weighted by atomic mass is 16.5. The highest BCUT2D eigenvalue weighted by Gasteiger charge is 2.19. The van der Waals surface area contributed by atoms with Crippen LogP contribution in [0.25, 0.3) is 10.9 Å². The highest BCUT2D eigenvalue weighted by Crippen LogP contribution is 2.31. The molecule has 0 spiro atoms. The molecule has 0 saturated heterocycles. The third-order valence-electron chi connectivity index (χ3n) is 4.75. The lowest BCUT2D eigenvalue weighted by atomic mass is 10.0. The van der Waals surface area contributed by atoms with Gasteiger partial charge in [-0.25, -0.2) is 0 Å². The van der Waals surface area contributed by atoms with E-state index in [1.54, 1.807) is 13.1 Å². The number of carbonyl (C=O) groups excluding carboxylic acids is 1. The molecule has 0 saturated carbocycles. The van der Waals surface area contributed by atoms with Crippen molar-refractivity contribution in [1.29, 1.82) is 0 Å². The molecule has 152 valence electrons. The van der Waals surface area contributed by atoms with Crippen molar-refractivity contribution in [2.24, 2.45) is 0 Å². The van der Waals surface area contributed by atoms with Crippen molar-refractivity contribution in [1.82, 2.24) is 4.98 Å². The molecule has 1 atom stereocenters. The summed E-state index contributed by atoms with van der Waals surface area (Å²) in [5, 5.41) is 3.81. The van der Waals surface area contributed by atoms with E-state index in [2.05, 4.69) is 36.3 Å². The zero-order valence-corrected chi connectivity index (χ0v) is 17.7. The number of carbonyl (C=O) groups is 1. The van der Waals surface area contributed by atoms with E-state index in [1.165, 1.54) is 0 Å². The first-order valence-electron chi connectivity index (χ1n) is 9.99. The number of anilines is 1. The minimum absolute atomic E-state index is 0.212. The fraction of sp³-hybridized carbons (Fsp3) is 0.333. The molecule has 0 radical (unpaired) electrons. The van der Waals surface area contributed by atoms with Crippen LogP contribution in [0, 0.1) is 6.92 Å². The molecule has 3 aromatic rings. The Hall–Kier alpha value is -3.08. The van der Waals surface area contributed by atoms with Gasteiger partial charge in [-0.15, -0.1) is 0 Å². The molecule has 2 aromatic carbocycles. The summed E-state index contributed by atoms with van der Waals surface area (Å²) in [5.74, 6) is 1.55. The number of hydrogen-bond donors (Lipinski definition) is 1. The zero-order chi connectivity index (χ0) is 21.0. The van der Waals surface area contributed by atoms with Crippen molar-refractivity contribution in [3.8, 4) is 11.5 Å². The molecular formula is C24H28N2O3. The molecule has 0 bridgehead atoms. The van der Waals surface area contributed by atoms with Crippen LogP contribution in [0.3, 0.4) is 0 Å². The number of hydrogen-bond acceptors (Lipinski definition) is 4. The van der Waals surface area contributed by atoms with Gasteiger partial charge in [0.25, 0.3) is 5.91 Å². The fourth-order valence-electron chi connectivity index (χ4n) is 3.23. The smallest absolute Gasteiger partial charge is 0.265 e. The van der Waals surface area contributed by atoms with E-state index >= 15 is 0 Å². The van der Waals surface area contributed by atoms with Crippen molar-refractivity contribution in [2.75, 3.05) is 11.9 Å². The molecule has 1 amide bonds. The molecule has 0 aliphatic heterocycles. The van der Waals surface area contributed by atoms with Crippen LogP contribution in [0.5, 0.6) is 11.5 Å². The lowest BCUT2D eigenvalue weighted by molar-refractivity contribution is -0.122. The van der Waals surface area contributed by atoms with Crippen LogP contribution in [0.1, 0.15) is 44.7 Å². The Morgan fingerprint density at radius 1 is 1.10 bits per heavy atom. The average molecular weight is 392 g/mol. The topological polar surface area (TPSA) is 60.5 Å². The van der Waals surface area contributed by atoms with E-state index in [0.717, 1.165) is 27.8 Å². The number of nitrogens with one attached hydrogen (secondary N) is 1. The van der Waals surface area contributed by atoms with E-state index in [-0.39, 0.29) is 5.91 Å². The van der Waals surface area contributed by atoms with Crippen LogP contribution in [0.2, 0.25) is 0 Å². The molecule has 1 N–H and O–H groups in total. The number of aryl methyl sites for hydroxylation is 1. The van der Waals surface area contributed by atoms with E-state index in [0.29, 0.717) is 24.0 Å². The summed E-state index contributed by atoms with van der Waals surface area (Å²) in [6.07, 6.45) is 1.07. The second-order valence-electron chi connectivity index (χ2n) is 7.39. The van der Waals surface area contributed by atoms with Gasteiger partial charge in [-0.05, 0) is 68.1 Å². The molecule has 0 fully saturated rings. The quantitative estimate of drug-likeness (QED) is 0.579. The lowest BCUT2D eigenvalue weighted by Crippen LogP contribution is -2.30. The van der Waals surface area contributed by atoms with Crippen molar-refractivity contribution >= 4 is 22.5 Å². The first-order valence-corrected chi connectivity index (χ1v) is 9.99. The predicted octanol–water partition coefficient (Wildman–Crippen LogP) is 5.47. The Morgan fingerprint density at radius 2 is 1.90 bits per heavy atom. The van der Waals surface area contributed by atoms with Gasteiger partial charge in [0.05, 0.1) is 12.3 Å². The van der Waals surface area contributed by atoms with Gasteiger partial charge in [-0.1, -0.05) is 26.0 Å². The normalized spacial score (nSPS) is 12.1. The molecule has 5 heteroatoms. The minimum atomic E-state index is -0.646. The monoisotopic (exact) mass is 392 g/mol. The summed E-state index contributed by atoms with van der Waals surface area (Å²) in [7, 11) is 0. The number of nitrogens with zero attached hydrogens (tertiary/aromatic N) is 1. The molecule has 0 aliphatic carbocycles. The molecule has 1 aromatic heterocycles. The predicted molar refractivity (Wildman–Crippen MR) is 117 cm³/mol. The summed E-state index contributed by atoms with van der Waals surface area (Å²) < 4.78 is 11.7. The van der Waals surface area contributed by atoms with Crippen LogP contribution in [-0.4, -0.2) is 23.6 Å². The number of benzene rings is 2. The molecule has 1 heterocycles. The molecular weight excluding hydrogens is 364 g/mol. The first kappa shape index (κ1) is 20.6. The molecule has 3 rings (SSSR count). The SMILES string of the molecule is CCOc1ccc(NC(=O)C(C)Oc2cc(C)ccc2C(C)C)c2cccnc12. The van der Waals surface area contributed by atoms with Gasteiger partial charge in [0.2, 0.25) is 0 Å². The summed E-state index contributed by atoms with van der Waals surface area (Å²) in [4.78, 5) is 17.3. The van der Waals surface area contributed by atoms with Crippen LogP contribution >= 0.6 is 0 Å². The largest absolute Gasteiger partial charge is 0.492 e. The van der Waals surface area contributed by atoms with E-state index in [1.807, 2.05) is 44.2 Å². The number of ether oxygens (including phenoxy) is 2. The third-order valence-corrected chi connectivity index (χ3v) is 4.75. The van der Waals surface area contributed by atoms with E-state index in [9.17, 15) is 4.79 Å². The van der Waals surface area contributed by atoms with Crippen LogP contribution in [0.4, 0.5) is 5.69 Å². The molecule has 1 unspecified atom stereocenters. The van der Waals surface area contributed by atoms with Gasteiger partial charge in [0.15, 0.2) is 6.10 Å². The standard InChI is InChI=1S/C24H28N2O3/c1-6-28-21-12-11-20(19-8-7-13-25-23(19)21)26-24(27)17(5)29-22-14-16(4)9-10-18(22)15(2)3/h7-15,17H,6H2,1-5H3,(H,26,27). The number of aromatic nitrogens is 1. The first-order chi connectivity index (χ1) is 13.9. The van der Waals surface area contributed by atoms with Crippen LogP contribution in [-0.2, 0) is 4.79 Å². The van der Waals surface area contributed by atoms with Crippen LogP contribution in [0.15, 0.2) is 48.7 Å². The number of pyridine rings is 1. The number of fused-ring (bicyclic) bond motifs is 1. The summed E-state index contributed by atoms with van der Waals surface area (Å²) in [6, 6.07) is 13.5. The second kappa shape index (κ2) is 8.95. The molecule has 5 nitrogen and oxygen atoms in total. The average Bonchev–Trinajstić information content (AvgIpc) is 2.69. The Bertz CT molecular complexity index is 1010. The Labute approximate surface area is 172 Å². The second-order valence-corrected chi connectivity index (χ2v) is 7.39. The lowest BCUT2D eigenvalue weighted by Gasteiger charge is -2.20. The van der Waals surface area contributed by atoms with Crippen molar-refractivity contribution in [2.45, 2.75) is 46.6 Å². The van der Waals surface area contributed by atoms with Gasteiger partial charge >= 0.3 is 0 Å². The van der Waals surface area contributed by atoms with E-state index in [4.69, 9.17) is 9.47 Å². The van der Waals surface area contributed by atoms with Crippen molar-refractivity contribution < 1.29 is 14.3 Å². The third kappa shape index (κ3) is 4.67. The molecule has 0 aliphatic rings.